The minimum absolute atomic E-state index is 0.0403. The number of pyridine rings is 1. The number of nitrogens with zero attached hydrogens (tertiary/aromatic N) is 4. The number of hydrogen-bond acceptors (Lipinski definition) is 4. The Balaban J connectivity index is 1.37. The van der Waals surface area contributed by atoms with Crippen LogP contribution in [-0.4, -0.2) is 45.0 Å². The van der Waals surface area contributed by atoms with Crippen LogP contribution in [0.15, 0.2) is 55.0 Å². The predicted molar refractivity (Wildman–Crippen MR) is 107 cm³/mol. The number of imidazole rings is 1. The van der Waals surface area contributed by atoms with Crippen molar-refractivity contribution in [1.29, 1.82) is 0 Å². The molecule has 0 radical (unpaired) electrons. The third kappa shape index (κ3) is 4.29. The number of hydrogen-bond donors (Lipinski definition) is 0. The summed E-state index contributed by atoms with van der Waals surface area (Å²) in [5.74, 6) is 1.03. The molecule has 0 aliphatic carbocycles. The number of halogens is 1. The Kier molecular flexibility index (Phi) is 5.55. The molecule has 3 aromatic rings. The van der Waals surface area contributed by atoms with Crippen molar-refractivity contribution in [1.82, 2.24) is 19.4 Å². The van der Waals surface area contributed by atoms with Gasteiger partial charge in [0.15, 0.2) is 6.61 Å². The maximum Gasteiger partial charge on any atom is 0.260 e. The van der Waals surface area contributed by atoms with Crippen LogP contribution < -0.4 is 4.74 Å². The summed E-state index contributed by atoms with van der Waals surface area (Å²) in [7, 11) is 0. The van der Waals surface area contributed by atoms with Crippen LogP contribution in [0.5, 0.6) is 5.75 Å². The first kappa shape index (κ1) is 19.1. The largest absolute Gasteiger partial charge is 0.484 e. The standard InChI is InChI=1S/C22H23FN4O2/c1-16-13-25-22(17-3-2-10-24-14-17)27(16)19-8-11-26(12-9-19)21(28)15-29-20-6-4-18(23)5-7-20/h2-7,10,13-14,19H,8-9,11-12,15H2,1H3. The summed E-state index contributed by atoms with van der Waals surface area (Å²) in [5.41, 5.74) is 2.10. The molecule has 0 spiro atoms. The molecule has 3 heterocycles. The molecule has 1 saturated heterocycles. The van der Waals surface area contributed by atoms with Crippen LogP contribution >= 0.6 is 0 Å². The van der Waals surface area contributed by atoms with Gasteiger partial charge in [-0.3, -0.25) is 9.78 Å². The topological polar surface area (TPSA) is 60.2 Å². The van der Waals surface area contributed by atoms with Crippen LogP contribution in [0.25, 0.3) is 11.4 Å². The fraction of sp³-hybridized carbons (Fsp3) is 0.318. The highest BCUT2D eigenvalue weighted by atomic mass is 19.1. The fourth-order valence-electron chi connectivity index (χ4n) is 3.76. The van der Waals surface area contributed by atoms with Gasteiger partial charge in [0.1, 0.15) is 17.4 Å². The molecule has 2 aromatic heterocycles. The van der Waals surface area contributed by atoms with Gasteiger partial charge in [-0.2, -0.15) is 0 Å². The number of carbonyl (C=O) groups excluding carboxylic acids is 1. The lowest BCUT2D eigenvalue weighted by Gasteiger charge is -2.34. The summed E-state index contributed by atoms with van der Waals surface area (Å²) in [6.07, 6.45) is 7.17. The summed E-state index contributed by atoms with van der Waals surface area (Å²) in [4.78, 5) is 23.1. The van der Waals surface area contributed by atoms with Crippen LogP contribution in [0.2, 0.25) is 0 Å². The zero-order valence-corrected chi connectivity index (χ0v) is 16.3. The molecule has 1 aliphatic rings. The van der Waals surface area contributed by atoms with Gasteiger partial charge in [0.2, 0.25) is 0 Å². The number of amides is 1. The summed E-state index contributed by atoms with van der Waals surface area (Å²) in [6, 6.07) is 9.89. The number of rotatable bonds is 5. The molecule has 0 saturated carbocycles. The van der Waals surface area contributed by atoms with Crippen LogP contribution in [0.4, 0.5) is 4.39 Å². The van der Waals surface area contributed by atoms with Gasteiger partial charge in [-0.05, 0) is 56.2 Å². The summed E-state index contributed by atoms with van der Waals surface area (Å²) in [5, 5.41) is 0. The van der Waals surface area contributed by atoms with Gasteiger partial charge in [0.05, 0.1) is 0 Å². The van der Waals surface area contributed by atoms with E-state index in [9.17, 15) is 9.18 Å². The van der Waals surface area contributed by atoms with Crippen molar-refractivity contribution >= 4 is 5.91 Å². The molecule has 7 heteroatoms. The van der Waals surface area contributed by atoms with E-state index < -0.39 is 0 Å². The second-order valence-electron chi connectivity index (χ2n) is 7.19. The van der Waals surface area contributed by atoms with Crippen LogP contribution in [-0.2, 0) is 4.79 Å². The van der Waals surface area contributed by atoms with Gasteiger partial charge < -0.3 is 14.2 Å². The third-order valence-corrected chi connectivity index (χ3v) is 5.26. The minimum atomic E-state index is -0.328. The molecular weight excluding hydrogens is 371 g/mol. The quantitative estimate of drug-likeness (QED) is 0.663. The molecule has 0 bridgehead atoms. The maximum atomic E-state index is 13.0. The van der Waals surface area contributed by atoms with Crippen molar-refractivity contribution in [2.24, 2.45) is 0 Å². The molecule has 1 aromatic carbocycles. The van der Waals surface area contributed by atoms with Crippen molar-refractivity contribution in [3.05, 3.63) is 66.5 Å². The average molecular weight is 394 g/mol. The lowest BCUT2D eigenvalue weighted by atomic mass is 10.0. The van der Waals surface area contributed by atoms with Crippen molar-refractivity contribution in [3.8, 4) is 17.1 Å². The minimum Gasteiger partial charge on any atom is -0.484 e. The summed E-state index contributed by atoms with van der Waals surface area (Å²) in [6.45, 7) is 3.35. The zero-order chi connectivity index (χ0) is 20.2. The molecule has 1 aliphatic heterocycles. The number of aryl methyl sites for hydroxylation is 1. The van der Waals surface area contributed by atoms with Crippen molar-refractivity contribution < 1.29 is 13.9 Å². The van der Waals surface area contributed by atoms with Gasteiger partial charge in [-0.15, -0.1) is 0 Å². The van der Waals surface area contributed by atoms with E-state index in [1.165, 1.54) is 24.3 Å². The molecule has 0 N–H and O–H groups in total. The normalized spacial score (nSPS) is 14.8. The molecule has 4 rings (SSSR count). The SMILES string of the molecule is Cc1cnc(-c2cccnc2)n1C1CCN(C(=O)COc2ccc(F)cc2)CC1. The van der Waals surface area contributed by atoms with Gasteiger partial charge in [-0.1, -0.05) is 0 Å². The van der Waals surface area contributed by atoms with E-state index in [2.05, 4.69) is 21.5 Å². The van der Waals surface area contributed by atoms with Crippen LogP contribution in [0, 0.1) is 12.7 Å². The fourth-order valence-corrected chi connectivity index (χ4v) is 3.76. The molecule has 150 valence electrons. The van der Waals surface area contributed by atoms with E-state index in [1.54, 1.807) is 6.20 Å². The zero-order valence-electron chi connectivity index (χ0n) is 16.3. The van der Waals surface area contributed by atoms with E-state index in [-0.39, 0.29) is 24.4 Å². The highest BCUT2D eigenvalue weighted by Crippen LogP contribution is 2.30. The number of benzene rings is 1. The van der Waals surface area contributed by atoms with Gasteiger partial charge in [0.25, 0.3) is 5.91 Å². The van der Waals surface area contributed by atoms with E-state index in [0.717, 1.165) is 29.9 Å². The third-order valence-electron chi connectivity index (χ3n) is 5.26. The Morgan fingerprint density at radius 3 is 2.62 bits per heavy atom. The lowest BCUT2D eigenvalue weighted by Crippen LogP contribution is -2.41. The van der Waals surface area contributed by atoms with E-state index in [0.29, 0.717) is 18.8 Å². The Morgan fingerprint density at radius 2 is 1.93 bits per heavy atom. The molecule has 29 heavy (non-hydrogen) atoms. The van der Waals surface area contributed by atoms with E-state index in [4.69, 9.17) is 4.74 Å². The molecule has 6 nitrogen and oxygen atoms in total. The van der Waals surface area contributed by atoms with Crippen molar-refractivity contribution in [2.45, 2.75) is 25.8 Å². The summed E-state index contributed by atoms with van der Waals surface area (Å²) < 4.78 is 20.7. The van der Waals surface area contributed by atoms with Crippen LogP contribution in [0.1, 0.15) is 24.6 Å². The van der Waals surface area contributed by atoms with E-state index in [1.807, 2.05) is 29.4 Å². The first-order valence-corrected chi connectivity index (χ1v) is 9.72. The van der Waals surface area contributed by atoms with Crippen LogP contribution in [0.3, 0.4) is 0 Å². The molecular formula is C22H23FN4O2. The Labute approximate surface area is 169 Å². The second kappa shape index (κ2) is 8.43. The first-order chi connectivity index (χ1) is 14.1. The van der Waals surface area contributed by atoms with Gasteiger partial charge in [-0.25, -0.2) is 9.37 Å². The van der Waals surface area contributed by atoms with Crippen molar-refractivity contribution in [2.75, 3.05) is 19.7 Å². The summed E-state index contributed by atoms with van der Waals surface area (Å²) >= 11 is 0. The Bertz CT molecular complexity index is 964. The number of piperidine rings is 1. The average Bonchev–Trinajstić information content (AvgIpc) is 3.15. The smallest absolute Gasteiger partial charge is 0.260 e. The predicted octanol–water partition coefficient (Wildman–Crippen LogP) is 3.64. The second-order valence-corrected chi connectivity index (χ2v) is 7.19. The molecule has 1 fully saturated rings. The van der Waals surface area contributed by atoms with Gasteiger partial charge >= 0.3 is 0 Å². The maximum absolute atomic E-state index is 13.0. The number of carbonyl (C=O) groups is 1. The molecule has 0 unspecified atom stereocenters. The lowest BCUT2D eigenvalue weighted by molar-refractivity contribution is -0.134. The van der Waals surface area contributed by atoms with Gasteiger partial charge in [0, 0.05) is 49.0 Å². The first-order valence-electron chi connectivity index (χ1n) is 9.72. The number of ether oxygens (including phenoxy) is 1. The van der Waals surface area contributed by atoms with E-state index >= 15 is 0 Å². The Morgan fingerprint density at radius 1 is 1.17 bits per heavy atom. The van der Waals surface area contributed by atoms with Crippen molar-refractivity contribution in [3.63, 3.8) is 0 Å². The number of aromatic nitrogens is 3. The highest BCUT2D eigenvalue weighted by molar-refractivity contribution is 5.77. The molecule has 1 amide bonds. The highest BCUT2D eigenvalue weighted by Gasteiger charge is 2.26. The molecule has 0 atom stereocenters. The monoisotopic (exact) mass is 394 g/mol. The Hall–Kier alpha value is -3.22. The number of likely N-dealkylation sites (tertiary alicyclic amines) is 1.